The zero-order chi connectivity index (χ0) is 19.2. The van der Waals surface area contributed by atoms with Crippen molar-refractivity contribution in [2.75, 3.05) is 23.3 Å². The number of nitrogens with one attached hydrogen (secondary N) is 2. The van der Waals surface area contributed by atoms with Crippen molar-refractivity contribution in [3.8, 4) is 0 Å². The van der Waals surface area contributed by atoms with Gasteiger partial charge in [-0.3, -0.25) is 0 Å². The quantitative estimate of drug-likeness (QED) is 0.769. The lowest BCUT2D eigenvalue weighted by atomic mass is 10.2. The molecule has 2 aromatic rings. The summed E-state index contributed by atoms with van der Waals surface area (Å²) in [5, 5.41) is 5.75. The number of piperazine rings is 1. The van der Waals surface area contributed by atoms with E-state index in [1.807, 2.05) is 19.1 Å². The molecule has 2 aliphatic rings. The zero-order valence-corrected chi connectivity index (χ0v) is 15.3. The van der Waals surface area contributed by atoms with Crippen LogP contribution in [0.15, 0.2) is 18.3 Å². The number of aryl methyl sites for hydroxylation is 1. The minimum atomic E-state index is -4.59. The lowest BCUT2D eigenvalue weighted by Crippen LogP contribution is -2.44. The number of hydrogen-bond acceptors (Lipinski definition) is 6. The van der Waals surface area contributed by atoms with E-state index in [0.717, 1.165) is 31.0 Å². The number of hydrogen-bond donors (Lipinski definition) is 2. The molecular formula is C17H18ClF3N6. The Bertz CT molecular complexity index is 859. The topological polar surface area (TPSA) is 66.0 Å². The van der Waals surface area contributed by atoms with Crippen LogP contribution in [0.5, 0.6) is 0 Å². The molecule has 144 valence electrons. The van der Waals surface area contributed by atoms with E-state index in [1.165, 1.54) is 0 Å². The Labute approximate surface area is 159 Å². The largest absolute Gasteiger partial charge is 0.420 e. The van der Waals surface area contributed by atoms with Crippen molar-refractivity contribution in [3.05, 3.63) is 34.7 Å². The van der Waals surface area contributed by atoms with Crippen LogP contribution in [0.4, 0.5) is 30.6 Å². The van der Waals surface area contributed by atoms with Gasteiger partial charge in [-0.15, -0.1) is 0 Å². The first-order chi connectivity index (χ1) is 12.8. The van der Waals surface area contributed by atoms with Crippen LogP contribution in [0.25, 0.3) is 0 Å². The SMILES string of the molecule is CCc1nc(N2C[C@H]3C[C@@H]2CN3)ccc1Nc1ncc(C(F)(F)F)c(Cl)n1. The van der Waals surface area contributed by atoms with Gasteiger partial charge in [-0.2, -0.15) is 13.2 Å². The summed E-state index contributed by atoms with van der Waals surface area (Å²) in [4.78, 5) is 14.5. The Balaban J connectivity index is 1.56. The van der Waals surface area contributed by atoms with Gasteiger partial charge in [-0.1, -0.05) is 18.5 Å². The third kappa shape index (κ3) is 3.53. The summed E-state index contributed by atoms with van der Waals surface area (Å²) in [7, 11) is 0. The predicted octanol–water partition coefficient (Wildman–Crippen LogP) is 3.40. The Morgan fingerprint density at radius 3 is 2.74 bits per heavy atom. The van der Waals surface area contributed by atoms with Gasteiger partial charge in [-0.05, 0) is 25.0 Å². The fourth-order valence-corrected chi connectivity index (χ4v) is 3.84. The van der Waals surface area contributed by atoms with Gasteiger partial charge in [0, 0.05) is 31.4 Å². The molecule has 4 heterocycles. The molecule has 0 amide bonds. The normalized spacial score (nSPS) is 21.7. The molecular weight excluding hydrogens is 381 g/mol. The highest BCUT2D eigenvalue weighted by Gasteiger charge is 2.38. The minimum absolute atomic E-state index is 0.00156. The number of nitrogens with zero attached hydrogens (tertiary/aromatic N) is 4. The molecule has 10 heteroatoms. The highest BCUT2D eigenvalue weighted by molar-refractivity contribution is 6.30. The minimum Gasteiger partial charge on any atom is -0.351 e. The molecule has 2 aliphatic heterocycles. The molecule has 27 heavy (non-hydrogen) atoms. The maximum absolute atomic E-state index is 12.8. The van der Waals surface area contributed by atoms with Crippen LogP contribution in [0.1, 0.15) is 24.6 Å². The zero-order valence-electron chi connectivity index (χ0n) is 14.5. The second-order valence-corrected chi connectivity index (χ2v) is 7.04. The van der Waals surface area contributed by atoms with E-state index in [1.54, 1.807) is 0 Å². The fourth-order valence-electron chi connectivity index (χ4n) is 3.61. The summed E-state index contributed by atoms with van der Waals surface area (Å²) in [5.74, 6) is 0.916. The van der Waals surface area contributed by atoms with Gasteiger partial charge in [0.05, 0.1) is 11.4 Å². The molecule has 2 N–H and O–H groups in total. The summed E-state index contributed by atoms with van der Waals surface area (Å²) in [6.07, 6.45) is -2.12. The molecule has 4 rings (SSSR count). The fraction of sp³-hybridized carbons (Fsp3) is 0.471. The average molecular weight is 399 g/mol. The Morgan fingerprint density at radius 1 is 1.33 bits per heavy atom. The number of alkyl halides is 3. The van der Waals surface area contributed by atoms with Gasteiger partial charge in [0.25, 0.3) is 0 Å². The van der Waals surface area contributed by atoms with Crippen LogP contribution < -0.4 is 15.5 Å². The van der Waals surface area contributed by atoms with Crippen LogP contribution in [-0.2, 0) is 12.6 Å². The van der Waals surface area contributed by atoms with E-state index >= 15 is 0 Å². The highest BCUT2D eigenvalue weighted by Crippen LogP contribution is 2.34. The van der Waals surface area contributed by atoms with Gasteiger partial charge in [-0.25, -0.2) is 15.0 Å². The number of halogens is 4. The van der Waals surface area contributed by atoms with Gasteiger partial charge >= 0.3 is 6.18 Å². The summed E-state index contributed by atoms with van der Waals surface area (Å²) in [6, 6.07) is 4.74. The van der Waals surface area contributed by atoms with E-state index in [-0.39, 0.29) is 5.95 Å². The van der Waals surface area contributed by atoms with Crippen molar-refractivity contribution in [2.45, 2.75) is 38.0 Å². The van der Waals surface area contributed by atoms with Crippen LogP contribution >= 0.6 is 11.6 Å². The summed E-state index contributed by atoms with van der Waals surface area (Å²) in [5.41, 5.74) is 0.388. The molecule has 2 atom stereocenters. The maximum atomic E-state index is 12.8. The molecule has 0 aliphatic carbocycles. The lowest BCUT2D eigenvalue weighted by Gasteiger charge is -2.29. The first-order valence-electron chi connectivity index (χ1n) is 8.72. The predicted molar refractivity (Wildman–Crippen MR) is 96.5 cm³/mol. The Kier molecular flexibility index (Phi) is 4.59. The summed E-state index contributed by atoms with van der Waals surface area (Å²) in [6.45, 7) is 3.87. The Morgan fingerprint density at radius 2 is 2.15 bits per heavy atom. The van der Waals surface area contributed by atoms with E-state index in [2.05, 4.69) is 25.5 Å². The lowest BCUT2D eigenvalue weighted by molar-refractivity contribution is -0.137. The van der Waals surface area contributed by atoms with Crippen molar-refractivity contribution in [1.82, 2.24) is 20.3 Å². The van der Waals surface area contributed by atoms with Gasteiger partial charge < -0.3 is 15.5 Å². The Hall–Kier alpha value is -2.13. The molecule has 0 spiro atoms. The number of pyridine rings is 1. The third-order valence-corrected chi connectivity index (χ3v) is 5.23. The van der Waals surface area contributed by atoms with E-state index in [0.29, 0.717) is 30.4 Å². The van der Waals surface area contributed by atoms with Crippen molar-refractivity contribution in [1.29, 1.82) is 0 Å². The van der Waals surface area contributed by atoms with Crippen molar-refractivity contribution in [2.24, 2.45) is 0 Å². The molecule has 0 saturated carbocycles. The highest BCUT2D eigenvalue weighted by atomic mass is 35.5. The summed E-state index contributed by atoms with van der Waals surface area (Å²) >= 11 is 5.66. The average Bonchev–Trinajstić information content (AvgIpc) is 3.24. The van der Waals surface area contributed by atoms with E-state index in [4.69, 9.17) is 16.6 Å². The number of aromatic nitrogens is 3. The molecule has 2 aromatic heterocycles. The standard InChI is InChI=1S/C17H18ClF3N6/c1-2-12-13(25-16-23-7-11(15(18)26-16)17(19,20)21)3-4-14(24-12)27-8-9-5-10(27)6-22-9/h3-4,7,9-10,22H,2,5-6,8H2,1H3,(H,23,25,26)/t9-,10-/m1/s1. The van der Waals surface area contributed by atoms with E-state index in [9.17, 15) is 13.2 Å². The van der Waals surface area contributed by atoms with Gasteiger partial charge in [0.2, 0.25) is 5.95 Å². The number of anilines is 3. The van der Waals surface area contributed by atoms with Crippen molar-refractivity contribution in [3.63, 3.8) is 0 Å². The molecule has 0 radical (unpaired) electrons. The molecule has 2 bridgehead atoms. The molecule has 0 unspecified atom stereocenters. The third-order valence-electron chi connectivity index (χ3n) is 4.94. The van der Waals surface area contributed by atoms with Crippen LogP contribution in [0, 0.1) is 0 Å². The molecule has 2 saturated heterocycles. The first kappa shape index (κ1) is 18.2. The van der Waals surface area contributed by atoms with Gasteiger partial charge in [0.1, 0.15) is 16.5 Å². The first-order valence-corrected chi connectivity index (χ1v) is 9.09. The molecule has 0 aromatic carbocycles. The smallest absolute Gasteiger partial charge is 0.351 e. The van der Waals surface area contributed by atoms with Crippen molar-refractivity contribution >= 4 is 29.1 Å². The van der Waals surface area contributed by atoms with Crippen LogP contribution in [0.2, 0.25) is 5.15 Å². The van der Waals surface area contributed by atoms with Crippen molar-refractivity contribution < 1.29 is 13.2 Å². The number of rotatable bonds is 4. The summed E-state index contributed by atoms with van der Waals surface area (Å²) < 4.78 is 38.3. The maximum Gasteiger partial charge on any atom is 0.420 e. The second-order valence-electron chi connectivity index (χ2n) is 6.69. The van der Waals surface area contributed by atoms with E-state index < -0.39 is 16.9 Å². The second kappa shape index (κ2) is 6.79. The van der Waals surface area contributed by atoms with Crippen LogP contribution in [0.3, 0.4) is 0 Å². The number of fused-ring (bicyclic) bond motifs is 2. The van der Waals surface area contributed by atoms with Crippen LogP contribution in [-0.4, -0.2) is 40.1 Å². The van der Waals surface area contributed by atoms with Gasteiger partial charge in [0.15, 0.2) is 0 Å². The molecule has 6 nitrogen and oxygen atoms in total. The monoisotopic (exact) mass is 398 g/mol. The molecule has 2 fully saturated rings.